The number of benzene rings is 1. The van der Waals surface area contributed by atoms with Crippen LogP contribution in [0.1, 0.15) is 24.8 Å². The molecule has 6 heteroatoms. The van der Waals surface area contributed by atoms with Crippen molar-refractivity contribution in [3.63, 3.8) is 0 Å². The van der Waals surface area contributed by atoms with Gasteiger partial charge in [0.1, 0.15) is 17.3 Å². The Labute approximate surface area is 104 Å². The summed E-state index contributed by atoms with van der Waals surface area (Å²) in [6.45, 7) is 2.01. The zero-order chi connectivity index (χ0) is 13.5. The Balaban J connectivity index is 2.42. The van der Waals surface area contributed by atoms with Gasteiger partial charge in [-0.2, -0.15) is 0 Å². The van der Waals surface area contributed by atoms with Crippen molar-refractivity contribution in [1.82, 2.24) is 0 Å². The SMILES string of the molecule is Cc1ccc(F)c(NCCCC/C(N)=N/O)c1F. The molecule has 4 nitrogen and oxygen atoms in total. The molecule has 0 saturated carbocycles. The van der Waals surface area contributed by atoms with E-state index in [-0.39, 0.29) is 11.5 Å². The van der Waals surface area contributed by atoms with Crippen LogP contribution >= 0.6 is 0 Å². The third-order valence-corrected chi connectivity index (χ3v) is 2.57. The number of hydrogen-bond acceptors (Lipinski definition) is 3. The summed E-state index contributed by atoms with van der Waals surface area (Å²) in [7, 11) is 0. The number of hydrogen-bond donors (Lipinski definition) is 3. The Bertz CT molecular complexity index is 436. The average molecular weight is 257 g/mol. The predicted molar refractivity (Wildman–Crippen MR) is 66.8 cm³/mol. The molecule has 1 aromatic carbocycles. The van der Waals surface area contributed by atoms with Crippen molar-refractivity contribution in [2.75, 3.05) is 11.9 Å². The van der Waals surface area contributed by atoms with Crippen LogP contribution in [0.2, 0.25) is 0 Å². The van der Waals surface area contributed by atoms with Gasteiger partial charge in [0.15, 0.2) is 5.82 Å². The number of anilines is 1. The second-order valence-electron chi connectivity index (χ2n) is 4.03. The maximum Gasteiger partial charge on any atom is 0.152 e. The van der Waals surface area contributed by atoms with E-state index in [1.807, 2.05) is 0 Å². The lowest BCUT2D eigenvalue weighted by Crippen LogP contribution is -2.12. The van der Waals surface area contributed by atoms with Crippen LogP contribution in [0.15, 0.2) is 17.3 Å². The molecule has 100 valence electrons. The number of unbranched alkanes of at least 4 members (excludes halogenated alkanes) is 1. The van der Waals surface area contributed by atoms with E-state index in [9.17, 15) is 8.78 Å². The summed E-state index contributed by atoms with van der Waals surface area (Å²) in [5, 5.41) is 13.9. The molecule has 0 atom stereocenters. The zero-order valence-electron chi connectivity index (χ0n) is 10.2. The van der Waals surface area contributed by atoms with E-state index in [0.29, 0.717) is 31.4 Å². The Hall–Kier alpha value is -1.85. The molecule has 0 aliphatic heterocycles. The summed E-state index contributed by atoms with van der Waals surface area (Å²) in [6.07, 6.45) is 1.80. The molecule has 0 unspecified atom stereocenters. The summed E-state index contributed by atoms with van der Waals surface area (Å²) in [6, 6.07) is 2.63. The fraction of sp³-hybridized carbons (Fsp3) is 0.417. The largest absolute Gasteiger partial charge is 0.409 e. The Kier molecular flexibility index (Phi) is 5.35. The molecular formula is C12H17F2N3O. The van der Waals surface area contributed by atoms with E-state index >= 15 is 0 Å². The average Bonchev–Trinajstić information content (AvgIpc) is 2.37. The van der Waals surface area contributed by atoms with Crippen LogP contribution in [-0.4, -0.2) is 17.6 Å². The van der Waals surface area contributed by atoms with E-state index in [1.54, 1.807) is 6.92 Å². The fourth-order valence-electron chi connectivity index (χ4n) is 1.51. The van der Waals surface area contributed by atoms with Crippen molar-refractivity contribution in [2.24, 2.45) is 10.9 Å². The van der Waals surface area contributed by atoms with E-state index in [4.69, 9.17) is 10.9 Å². The number of nitrogens with one attached hydrogen (secondary N) is 1. The van der Waals surface area contributed by atoms with Crippen LogP contribution in [0.5, 0.6) is 0 Å². The summed E-state index contributed by atoms with van der Waals surface area (Å²) in [5.74, 6) is -1.01. The summed E-state index contributed by atoms with van der Waals surface area (Å²) < 4.78 is 26.9. The first-order chi connectivity index (χ1) is 8.56. The number of rotatable bonds is 6. The lowest BCUT2D eigenvalue weighted by Gasteiger charge is -2.10. The van der Waals surface area contributed by atoms with Gasteiger partial charge in [0.2, 0.25) is 0 Å². The molecule has 0 amide bonds. The third kappa shape index (κ3) is 3.87. The monoisotopic (exact) mass is 257 g/mol. The van der Waals surface area contributed by atoms with Crippen LogP contribution in [0.3, 0.4) is 0 Å². The topological polar surface area (TPSA) is 70.6 Å². The molecule has 0 aliphatic rings. The lowest BCUT2D eigenvalue weighted by atomic mass is 10.2. The first kappa shape index (κ1) is 14.2. The molecule has 0 radical (unpaired) electrons. The fourth-order valence-corrected chi connectivity index (χ4v) is 1.51. The maximum atomic E-state index is 13.6. The Morgan fingerprint density at radius 1 is 1.39 bits per heavy atom. The smallest absolute Gasteiger partial charge is 0.152 e. The first-order valence-corrected chi connectivity index (χ1v) is 5.71. The number of aryl methyl sites for hydroxylation is 1. The minimum atomic E-state index is -0.602. The van der Waals surface area contributed by atoms with Crippen molar-refractivity contribution in [1.29, 1.82) is 0 Å². The minimum absolute atomic E-state index is 0.0983. The second kappa shape index (κ2) is 6.78. The lowest BCUT2D eigenvalue weighted by molar-refractivity contribution is 0.316. The van der Waals surface area contributed by atoms with Gasteiger partial charge in [-0.25, -0.2) is 8.78 Å². The highest BCUT2D eigenvalue weighted by atomic mass is 19.1. The van der Waals surface area contributed by atoms with Crippen LogP contribution in [0.25, 0.3) is 0 Å². The summed E-state index contributed by atoms with van der Waals surface area (Å²) in [5.41, 5.74) is 5.59. The van der Waals surface area contributed by atoms with E-state index < -0.39 is 11.6 Å². The van der Waals surface area contributed by atoms with Gasteiger partial charge in [-0.1, -0.05) is 11.2 Å². The van der Waals surface area contributed by atoms with Gasteiger partial charge in [-0.15, -0.1) is 0 Å². The van der Waals surface area contributed by atoms with Gasteiger partial charge in [-0.3, -0.25) is 0 Å². The Morgan fingerprint density at radius 3 is 2.78 bits per heavy atom. The van der Waals surface area contributed by atoms with Crippen molar-refractivity contribution in [3.05, 3.63) is 29.3 Å². The number of nitrogens with two attached hydrogens (primary N) is 1. The molecular weight excluding hydrogens is 240 g/mol. The van der Waals surface area contributed by atoms with Crippen molar-refractivity contribution in [3.8, 4) is 0 Å². The van der Waals surface area contributed by atoms with E-state index in [1.165, 1.54) is 12.1 Å². The first-order valence-electron chi connectivity index (χ1n) is 5.71. The Morgan fingerprint density at radius 2 is 2.11 bits per heavy atom. The number of oxime groups is 1. The highest BCUT2D eigenvalue weighted by molar-refractivity contribution is 5.79. The van der Waals surface area contributed by atoms with Crippen LogP contribution in [-0.2, 0) is 0 Å². The van der Waals surface area contributed by atoms with Crippen molar-refractivity contribution < 1.29 is 14.0 Å². The third-order valence-electron chi connectivity index (χ3n) is 2.57. The van der Waals surface area contributed by atoms with E-state index in [2.05, 4.69) is 10.5 Å². The highest BCUT2D eigenvalue weighted by Crippen LogP contribution is 2.21. The molecule has 18 heavy (non-hydrogen) atoms. The van der Waals surface area contributed by atoms with Gasteiger partial charge < -0.3 is 16.3 Å². The summed E-state index contributed by atoms with van der Waals surface area (Å²) >= 11 is 0. The zero-order valence-corrected chi connectivity index (χ0v) is 10.2. The molecule has 1 rings (SSSR count). The van der Waals surface area contributed by atoms with Crippen molar-refractivity contribution in [2.45, 2.75) is 26.2 Å². The summed E-state index contributed by atoms with van der Waals surface area (Å²) in [4.78, 5) is 0. The maximum absolute atomic E-state index is 13.6. The number of nitrogens with zero attached hydrogens (tertiary/aromatic N) is 1. The predicted octanol–water partition coefficient (Wildman–Crippen LogP) is 2.60. The second-order valence-corrected chi connectivity index (χ2v) is 4.03. The molecule has 4 N–H and O–H groups in total. The van der Waals surface area contributed by atoms with Gasteiger partial charge in [-0.05, 0) is 31.4 Å². The van der Waals surface area contributed by atoms with Gasteiger partial charge in [0, 0.05) is 13.0 Å². The molecule has 0 bridgehead atoms. The standard InChI is InChI=1S/C12H17F2N3O/c1-8-5-6-9(13)12(11(8)14)16-7-3-2-4-10(15)17-18/h5-6,16,18H,2-4,7H2,1H3,(H2,15,17). The number of halogens is 2. The molecule has 0 saturated heterocycles. The van der Waals surface area contributed by atoms with Crippen LogP contribution in [0, 0.1) is 18.6 Å². The quantitative estimate of drug-likeness (QED) is 0.241. The van der Waals surface area contributed by atoms with E-state index in [0.717, 1.165) is 0 Å². The normalized spacial score (nSPS) is 11.6. The molecule has 1 aromatic rings. The van der Waals surface area contributed by atoms with Gasteiger partial charge in [0.05, 0.1) is 0 Å². The molecule has 0 aromatic heterocycles. The molecule has 0 spiro atoms. The molecule has 0 heterocycles. The molecule has 0 fully saturated rings. The molecule has 0 aliphatic carbocycles. The van der Waals surface area contributed by atoms with Crippen LogP contribution < -0.4 is 11.1 Å². The van der Waals surface area contributed by atoms with Gasteiger partial charge >= 0.3 is 0 Å². The van der Waals surface area contributed by atoms with Gasteiger partial charge in [0.25, 0.3) is 0 Å². The highest BCUT2D eigenvalue weighted by Gasteiger charge is 2.10. The van der Waals surface area contributed by atoms with Crippen molar-refractivity contribution >= 4 is 11.5 Å². The van der Waals surface area contributed by atoms with Crippen LogP contribution in [0.4, 0.5) is 14.5 Å². The number of amidine groups is 1. The minimum Gasteiger partial charge on any atom is -0.409 e.